The number of hydrogen-bond donors (Lipinski definition) is 1. The van der Waals surface area contributed by atoms with Crippen LogP contribution in [0.1, 0.15) is 90.0 Å². The van der Waals surface area contributed by atoms with Crippen LogP contribution in [0.2, 0.25) is 0 Å². The molecule has 1 rings (SSSR count). The van der Waals surface area contributed by atoms with Crippen LogP contribution in [0.3, 0.4) is 0 Å². The Labute approximate surface area is 131 Å². The van der Waals surface area contributed by atoms with E-state index in [1.165, 1.54) is 38.5 Å². The number of rotatable bonds is 10. The molecule has 0 aliphatic rings. The van der Waals surface area contributed by atoms with Crippen LogP contribution in [-0.4, -0.2) is 14.9 Å². The fourth-order valence-electron chi connectivity index (χ4n) is 2.51. The fraction of sp³-hybridized carbons (Fsp3) is 0.812. The van der Waals surface area contributed by atoms with E-state index < -0.39 is 6.10 Å². The van der Waals surface area contributed by atoms with E-state index in [1.807, 2.05) is 4.68 Å². The minimum atomic E-state index is -0.412. The number of aliphatic hydroxyl groups excluding tert-OH is 1. The lowest BCUT2D eigenvalue weighted by atomic mass is 10.0. The highest BCUT2D eigenvalue weighted by atomic mass is 79.9. The molecule has 1 aromatic rings. The van der Waals surface area contributed by atoms with Gasteiger partial charge in [0.05, 0.1) is 22.5 Å². The summed E-state index contributed by atoms with van der Waals surface area (Å²) in [5.41, 5.74) is 0.922. The van der Waals surface area contributed by atoms with Crippen molar-refractivity contribution in [1.29, 1.82) is 0 Å². The number of aliphatic hydroxyl groups is 1. The minimum Gasteiger partial charge on any atom is -0.387 e. The van der Waals surface area contributed by atoms with Crippen molar-refractivity contribution in [3.8, 4) is 0 Å². The van der Waals surface area contributed by atoms with Gasteiger partial charge in [-0.2, -0.15) is 5.10 Å². The molecule has 0 radical (unpaired) electrons. The van der Waals surface area contributed by atoms with E-state index in [2.05, 4.69) is 41.8 Å². The molecule has 1 unspecified atom stereocenters. The van der Waals surface area contributed by atoms with Gasteiger partial charge in [0.15, 0.2) is 0 Å². The quantitative estimate of drug-likeness (QED) is 0.577. The van der Waals surface area contributed by atoms with Gasteiger partial charge in [-0.3, -0.25) is 4.68 Å². The summed E-state index contributed by atoms with van der Waals surface area (Å²) >= 11 is 3.49. The van der Waals surface area contributed by atoms with Crippen LogP contribution in [0.15, 0.2) is 10.7 Å². The standard InChI is InChI=1S/C16H29BrN2O/c1-4-5-6-7-8-9-10-11-15(20)16-14(17)12-18-19(16)13(2)3/h12-13,15,20H,4-11H2,1-3H3. The van der Waals surface area contributed by atoms with E-state index in [9.17, 15) is 5.11 Å². The van der Waals surface area contributed by atoms with Gasteiger partial charge in [0.25, 0.3) is 0 Å². The van der Waals surface area contributed by atoms with Gasteiger partial charge in [0.2, 0.25) is 0 Å². The van der Waals surface area contributed by atoms with Gasteiger partial charge in [-0.25, -0.2) is 0 Å². The molecule has 0 amide bonds. The Morgan fingerprint density at radius 1 is 1.15 bits per heavy atom. The predicted molar refractivity (Wildman–Crippen MR) is 87.9 cm³/mol. The number of halogens is 1. The van der Waals surface area contributed by atoms with Crippen LogP contribution >= 0.6 is 15.9 Å². The molecule has 1 heterocycles. The molecule has 1 N–H and O–H groups in total. The molecule has 1 aromatic heterocycles. The van der Waals surface area contributed by atoms with E-state index in [-0.39, 0.29) is 6.04 Å². The van der Waals surface area contributed by atoms with Crippen molar-refractivity contribution >= 4 is 15.9 Å². The summed E-state index contributed by atoms with van der Waals surface area (Å²) in [4.78, 5) is 0. The molecular weight excluding hydrogens is 316 g/mol. The molecule has 0 aliphatic carbocycles. The second kappa shape index (κ2) is 9.56. The molecule has 0 aromatic carbocycles. The molecule has 1 atom stereocenters. The van der Waals surface area contributed by atoms with Crippen LogP contribution in [-0.2, 0) is 0 Å². The van der Waals surface area contributed by atoms with Crippen LogP contribution in [0.4, 0.5) is 0 Å². The van der Waals surface area contributed by atoms with E-state index >= 15 is 0 Å². The normalized spacial score (nSPS) is 13.1. The smallest absolute Gasteiger partial charge is 0.0968 e. The highest BCUT2D eigenvalue weighted by Crippen LogP contribution is 2.29. The minimum absolute atomic E-state index is 0.278. The van der Waals surface area contributed by atoms with Gasteiger partial charge in [-0.15, -0.1) is 0 Å². The summed E-state index contributed by atoms with van der Waals surface area (Å²) in [5.74, 6) is 0. The second-order valence-electron chi connectivity index (χ2n) is 5.84. The van der Waals surface area contributed by atoms with E-state index in [4.69, 9.17) is 0 Å². The Bertz CT molecular complexity index is 377. The van der Waals surface area contributed by atoms with Crippen molar-refractivity contribution in [3.05, 3.63) is 16.4 Å². The topological polar surface area (TPSA) is 38.1 Å². The zero-order valence-electron chi connectivity index (χ0n) is 13.1. The number of unbranched alkanes of at least 4 members (excludes halogenated alkanes) is 6. The second-order valence-corrected chi connectivity index (χ2v) is 6.70. The molecule has 0 aliphatic heterocycles. The van der Waals surface area contributed by atoms with E-state index in [0.29, 0.717) is 0 Å². The molecule has 0 spiro atoms. The Morgan fingerprint density at radius 3 is 2.35 bits per heavy atom. The predicted octanol–water partition coefficient (Wildman–Crippen LogP) is 5.40. The lowest BCUT2D eigenvalue weighted by molar-refractivity contribution is 0.149. The monoisotopic (exact) mass is 344 g/mol. The number of nitrogens with zero attached hydrogens (tertiary/aromatic N) is 2. The van der Waals surface area contributed by atoms with Crippen LogP contribution < -0.4 is 0 Å². The van der Waals surface area contributed by atoms with Crippen LogP contribution in [0.25, 0.3) is 0 Å². The molecule has 0 bridgehead atoms. The molecule has 3 nitrogen and oxygen atoms in total. The van der Waals surface area contributed by atoms with Gasteiger partial charge in [0, 0.05) is 6.04 Å². The van der Waals surface area contributed by atoms with Crippen molar-refractivity contribution in [2.24, 2.45) is 0 Å². The van der Waals surface area contributed by atoms with Crippen molar-refractivity contribution in [2.75, 3.05) is 0 Å². The van der Waals surface area contributed by atoms with Crippen molar-refractivity contribution in [1.82, 2.24) is 9.78 Å². The maximum absolute atomic E-state index is 10.4. The van der Waals surface area contributed by atoms with Gasteiger partial charge in [0.1, 0.15) is 0 Å². The maximum Gasteiger partial charge on any atom is 0.0968 e. The zero-order valence-corrected chi connectivity index (χ0v) is 14.7. The first kappa shape index (κ1) is 17.7. The van der Waals surface area contributed by atoms with Gasteiger partial charge >= 0.3 is 0 Å². The Kier molecular flexibility index (Phi) is 8.46. The highest BCUT2D eigenvalue weighted by Gasteiger charge is 2.18. The number of aromatic nitrogens is 2. The Morgan fingerprint density at radius 2 is 1.75 bits per heavy atom. The molecule has 116 valence electrons. The summed E-state index contributed by atoms with van der Waals surface area (Å²) in [6, 6.07) is 0.278. The van der Waals surface area contributed by atoms with Crippen LogP contribution in [0, 0.1) is 0 Å². The first-order valence-electron chi connectivity index (χ1n) is 7.98. The summed E-state index contributed by atoms with van der Waals surface area (Å²) < 4.78 is 2.83. The average Bonchev–Trinajstić information content (AvgIpc) is 2.79. The SMILES string of the molecule is CCCCCCCCCC(O)c1c(Br)cnn1C(C)C. The average molecular weight is 345 g/mol. The third-order valence-corrected chi connectivity index (χ3v) is 4.28. The highest BCUT2D eigenvalue weighted by molar-refractivity contribution is 9.10. The van der Waals surface area contributed by atoms with E-state index in [0.717, 1.165) is 23.0 Å². The van der Waals surface area contributed by atoms with Gasteiger partial charge in [-0.1, -0.05) is 51.9 Å². The largest absolute Gasteiger partial charge is 0.387 e. The van der Waals surface area contributed by atoms with E-state index in [1.54, 1.807) is 6.20 Å². The van der Waals surface area contributed by atoms with Crippen molar-refractivity contribution < 1.29 is 5.11 Å². The van der Waals surface area contributed by atoms with Crippen LogP contribution in [0.5, 0.6) is 0 Å². The lowest BCUT2D eigenvalue weighted by Gasteiger charge is -2.16. The molecule has 0 fully saturated rings. The summed E-state index contributed by atoms with van der Waals surface area (Å²) in [6.07, 6.45) is 11.1. The maximum atomic E-state index is 10.4. The molecule has 0 saturated heterocycles. The lowest BCUT2D eigenvalue weighted by Crippen LogP contribution is -2.11. The molecular formula is C16H29BrN2O. The third kappa shape index (κ3) is 5.57. The Balaban J connectivity index is 2.32. The van der Waals surface area contributed by atoms with Crippen molar-refractivity contribution in [2.45, 2.75) is 84.3 Å². The molecule has 4 heteroatoms. The zero-order chi connectivity index (χ0) is 15.0. The van der Waals surface area contributed by atoms with Gasteiger partial charge in [-0.05, 0) is 36.2 Å². The molecule has 20 heavy (non-hydrogen) atoms. The summed E-state index contributed by atoms with van der Waals surface area (Å²) in [7, 11) is 0. The number of hydrogen-bond acceptors (Lipinski definition) is 2. The Hall–Kier alpha value is -0.350. The first-order valence-corrected chi connectivity index (χ1v) is 8.78. The van der Waals surface area contributed by atoms with Crippen molar-refractivity contribution in [3.63, 3.8) is 0 Å². The summed E-state index contributed by atoms with van der Waals surface area (Å²) in [5, 5.41) is 14.7. The molecule has 0 saturated carbocycles. The van der Waals surface area contributed by atoms with Gasteiger partial charge < -0.3 is 5.11 Å². The fourth-order valence-corrected chi connectivity index (χ4v) is 3.04. The first-order chi connectivity index (χ1) is 9.57. The summed E-state index contributed by atoms with van der Waals surface area (Å²) in [6.45, 7) is 6.42. The third-order valence-electron chi connectivity index (χ3n) is 3.67.